The fourth-order valence-corrected chi connectivity index (χ4v) is 2.77. The first-order valence-electron chi connectivity index (χ1n) is 6.79. The van der Waals surface area contributed by atoms with Crippen LogP contribution in [0.25, 0.3) is 0 Å². The van der Waals surface area contributed by atoms with Crippen molar-refractivity contribution in [2.24, 2.45) is 17.6 Å². The molecule has 3 unspecified atom stereocenters. The molecule has 1 aliphatic carbocycles. The van der Waals surface area contributed by atoms with Gasteiger partial charge in [0, 0.05) is 5.56 Å². The van der Waals surface area contributed by atoms with E-state index in [1.54, 1.807) is 0 Å². The number of carbonyl (C=O) groups excluding carboxylic acids is 2. The lowest BCUT2D eigenvalue weighted by atomic mass is 10.0. The van der Waals surface area contributed by atoms with Gasteiger partial charge in [0.1, 0.15) is 0 Å². The summed E-state index contributed by atoms with van der Waals surface area (Å²) in [6, 6.07) is 7.38. The molecule has 2 N–H and O–H groups in total. The van der Waals surface area contributed by atoms with Crippen molar-refractivity contribution >= 4 is 11.8 Å². The molecule has 1 heterocycles. The Morgan fingerprint density at radius 1 is 1.35 bits per heavy atom. The maximum atomic E-state index is 12.1. The second-order valence-corrected chi connectivity index (χ2v) is 5.30. The summed E-state index contributed by atoms with van der Waals surface area (Å²) in [4.78, 5) is 25.6. The van der Waals surface area contributed by atoms with E-state index < -0.39 is 0 Å². The Kier molecular flexibility index (Phi) is 3.07. The summed E-state index contributed by atoms with van der Waals surface area (Å²) in [6.07, 6.45) is 0.739. The Morgan fingerprint density at radius 3 is 2.70 bits per heavy atom. The third-order valence-electron chi connectivity index (χ3n) is 3.99. The minimum atomic E-state index is -0.234. The van der Waals surface area contributed by atoms with Crippen molar-refractivity contribution in [3.8, 4) is 11.8 Å². The SMILES string of the molecule is CC(c1cccc(C#CCN)c1)N1C(=O)C2CC2C1=O. The minimum Gasteiger partial charge on any atom is -0.320 e. The average Bonchev–Trinajstić information content (AvgIpc) is 3.21. The first-order valence-corrected chi connectivity index (χ1v) is 6.79. The van der Waals surface area contributed by atoms with E-state index in [0.717, 1.165) is 17.5 Å². The normalized spacial score (nSPS) is 25.0. The van der Waals surface area contributed by atoms with E-state index in [-0.39, 0.29) is 29.7 Å². The highest BCUT2D eigenvalue weighted by molar-refractivity contribution is 6.09. The molecule has 4 heteroatoms. The number of likely N-dealkylation sites (tertiary alicyclic amines) is 1. The van der Waals surface area contributed by atoms with E-state index in [9.17, 15) is 9.59 Å². The largest absolute Gasteiger partial charge is 0.320 e. The predicted octanol–water partition coefficient (Wildman–Crippen LogP) is 1.06. The van der Waals surface area contributed by atoms with Crippen LogP contribution in [0.4, 0.5) is 0 Å². The number of carbonyl (C=O) groups is 2. The molecule has 0 bridgehead atoms. The number of hydrogen-bond donors (Lipinski definition) is 1. The van der Waals surface area contributed by atoms with Crippen LogP contribution >= 0.6 is 0 Å². The molecule has 1 saturated heterocycles. The lowest BCUT2D eigenvalue weighted by Crippen LogP contribution is -2.35. The third-order valence-corrected chi connectivity index (χ3v) is 3.99. The Hall–Kier alpha value is -2.12. The number of fused-ring (bicyclic) bond motifs is 1. The Balaban J connectivity index is 1.85. The summed E-state index contributed by atoms with van der Waals surface area (Å²) in [5.74, 6) is 5.62. The quantitative estimate of drug-likeness (QED) is 0.644. The van der Waals surface area contributed by atoms with E-state index in [0.29, 0.717) is 6.54 Å². The van der Waals surface area contributed by atoms with E-state index in [2.05, 4.69) is 11.8 Å². The zero-order valence-corrected chi connectivity index (χ0v) is 11.3. The van der Waals surface area contributed by atoms with Crippen LogP contribution in [0.15, 0.2) is 24.3 Å². The molecule has 2 fully saturated rings. The summed E-state index contributed by atoms with van der Waals surface area (Å²) in [6.45, 7) is 2.20. The van der Waals surface area contributed by atoms with Gasteiger partial charge in [-0.05, 0) is 31.0 Å². The van der Waals surface area contributed by atoms with Gasteiger partial charge in [0.05, 0.1) is 24.4 Å². The summed E-state index contributed by atoms with van der Waals surface area (Å²) < 4.78 is 0. The number of benzene rings is 1. The highest BCUT2D eigenvalue weighted by Crippen LogP contribution is 2.49. The molecule has 2 aliphatic rings. The molecule has 0 aromatic heterocycles. The lowest BCUT2D eigenvalue weighted by molar-refractivity contribution is -0.143. The van der Waals surface area contributed by atoms with E-state index in [1.165, 1.54) is 4.90 Å². The van der Waals surface area contributed by atoms with Crippen LogP contribution in [0.5, 0.6) is 0 Å². The van der Waals surface area contributed by atoms with Gasteiger partial charge in [-0.15, -0.1) is 0 Å². The van der Waals surface area contributed by atoms with Crippen LogP contribution in [-0.4, -0.2) is 23.3 Å². The van der Waals surface area contributed by atoms with Gasteiger partial charge in [0.2, 0.25) is 11.8 Å². The second kappa shape index (κ2) is 4.77. The lowest BCUT2D eigenvalue weighted by Gasteiger charge is -2.24. The number of piperidine rings is 1. The molecule has 2 amide bonds. The van der Waals surface area contributed by atoms with Crippen LogP contribution in [0.1, 0.15) is 30.5 Å². The van der Waals surface area contributed by atoms with Crippen molar-refractivity contribution in [1.29, 1.82) is 0 Å². The molecule has 4 nitrogen and oxygen atoms in total. The smallest absolute Gasteiger partial charge is 0.233 e. The minimum absolute atomic E-state index is 0.0223. The Bertz CT molecular complexity index is 621. The van der Waals surface area contributed by atoms with Gasteiger partial charge < -0.3 is 5.73 Å². The molecular formula is C16H16N2O2. The van der Waals surface area contributed by atoms with Crippen LogP contribution < -0.4 is 5.73 Å². The number of nitrogens with two attached hydrogens (primary N) is 1. The molecule has 1 aliphatic heterocycles. The van der Waals surface area contributed by atoms with E-state index in [4.69, 9.17) is 5.73 Å². The van der Waals surface area contributed by atoms with Gasteiger partial charge in [-0.3, -0.25) is 14.5 Å². The number of nitrogens with zero attached hydrogens (tertiary/aromatic N) is 1. The molecule has 1 aromatic rings. The standard InChI is InChI=1S/C16H16N2O2/c1-10(18-15(19)13-9-14(13)16(18)20)12-6-2-4-11(8-12)5-3-7-17/h2,4,6,8,10,13-14H,7,9,17H2,1H3. The van der Waals surface area contributed by atoms with Crippen LogP contribution in [-0.2, 0) is 9.59 Å². The van der Waals surface area contributed by atoms with Gasteiger partial charge in [0.25, 0.3) is 0 Å². The summed E-state index contributed by atoms with van der Waals surface area (Å²) in [5.41, 5.74) is 7.14. The molecule has 3 atom stereocenters. The topological polar surface area (TPSA) is 63.4 Å². The van der Waals surface area contributed by atoms with Gasteiger partial charge >= 0.3 is 0 Å². The number of rotatable bonds is 2. The predicted molar refractivity (Wildman–Crippen MR) is 74.2 cm³/mol. The summed E-state index contributed by atoms with van der Waals surface area (Å²) >= 11 is 0. The summed E-state index contributed by atoms with van der Waals surface area (Å²) in [7, 11) is 0. The number of amides is 2. The Labute approximate surface area is 117 Å². The zero-order chi connectivity index (χ0) is 14.3. The van der Waals surface area contributed by atoms with E-state index >= 15 is 0 Å². The number of hydrogen-bond acceptors (Lipinski definition) is 3. The first-order chi connectivity index (χ1) is 9.63. The molecule has 102 valence electrons. The maximum Gasteiger partial charge on any atom is 0.233 e. The third kappa shape index (κ3) is 2.00. The molecule has 0 spiro atoms. The van der Waals surface area contributed by atoms with Crippen LogP contribution in [0.2, 0.25) is 0 Å². The average molecular weight is 268 g/mol. The fraction of sp³-hybridized carbons (Fsp3) is 0.375. The van der Waals surface area contributed by atoms with Gasteiger partial charge in [0.15, 0.2) is 0 Å². The van der Waals surface area contributed by atoms with Crippen molar-refractivity contribution in [3.63, 3.8) is 0 Å². The van der Waals surface area contributed by atoms with Crippen LogP contribution in [0, 0.1) is 23.7 Å². The Morgan fingerprint density at radius 2 is 2.05 bits per heavy atom. The highest BCUT2D eigenvalue weighted by atomic mass is 16.2. The summed E-state index contributed by atoms with van der Waals surface area (Å²) in [5, 5.41) is 0. The van der Waals surface area contributed by atoms with Crippen molar-refractivity contribution in [3.05, 3.63) is 35.4 Å². The molecule has 20 heavy (non-hydrogen) atoms. The van der Waals surface area contributed by atoms with Crippen molar-refractivity contribution in [2.75, 3.05) is 6.54 Å². The first kappa shape index (κ1) is 12.9. The number of imide groups is 1. The monoisotopic (exact) mass is 268 g/mol. The van der Waals surface area contributed by atoms with Gasteiger partial charge in [-0.2, -0.15) is 0 Å². The molecule has 3 rings (SSSR count). The van der Waals surface area contributed by atoms with Gasteiger partial charge in [-0.1, -0.05) is 24.0 Å². The van der Waals surface area contributed by atoms with E-state index in [1.807, 2.05) is 31.2 Å². The van der Waals surface area contributed by atoms with Crippen molar-refractivity contribution < 1.29 is 9.59 Å². The van der Waals surface area contributed by atoms with Crippen molar-refractivity contribution in [2.45, 2.75) is 19.4 Å². The molecule has 0 radical (unpaired) electrons. The van der Waals surface area contributed by atoms with Crippen molar-refractivity contribution in [1.82, 2.24) is 4.90 Å². The molecule has 1 aromatic carbocycles. The molecule has 1 saturated carbocycles. The van der Waals surface area contributed by atoms with Gasteiger partial charge in [-0.25, -0.2) is 0 Å². The highest BCUT2D eigenvalue weighted by Gasteiger charge is 2.59. The maximum absolute atomic E-state index is 12.1. The second-order valence-electron chi connectivity index (χ2n) is 5.30. The van der Waals surface area contributed by atoms with Crippen LogP contribution in [0.3, 0.4) is 0 Å². The zero-order valence-electron chi connectivity index (χ0n) is 11.3. The fourth-order valence-electron chi connectivity index (χ4n) is 2.77. The molecular weight excluding hydrogens is 252 g/mol.